The fourth-order valence-electron chi connectivity index (χ4n) is 2.93. The van der Waals surface area contributed by atoms with Crippen molar-refractivity contribution in [3.05, 3.63) is 47.5 Å². The average Bonchev–Trinajstić information content (AvgIpc) is 3.05. The Labute approximate surface area is 156 Å². The second kappa shape index (κ2) is 7.66. The van der Waals surface area contributed by atoms with Crippen LogP contribution in [0, 0.1) is 5.92 Å². The number of carbonyl (C=O) groups is 2. The van der Waals surface area contributed by atoms with E-state index < -0.39 is 5.92 Å². The van der Waals surface area contributed by atoms with Crippen LogP contribution in [0.15, 0.2) is 42.5 Å². The highest BCUT2D eigenvalue weighted by molar-refractivity contribution is 6.32. The molecule has 1 saturated heterocycles. The van der Waals surface area contributed by atoms with Crippen molar-refractivity contribution in [1.29, 1.82) is 0 Å². The van der Waals surface area contributed by atoms with E-state index in [2.05, 4.69) is 5.32 Å². The Kier molecular flexibility index (Phi) is 5.32. The predicted octanol–water partition coefficient (Wildman–Crippen LogP) is 3.35. The lowest BCUT2D eigenvalue weighted by Gasteiger charge is -2.17. The Morgan fingerprint density at radius 1 is 1.15 bits per heavy atom. The van der Waals surface area contributed by atoms with Gasteiger partial charge in [-0.2, -0.15) is 0 Å². The van der Waals surface area contributed by atoms with E-state index in [1.165, 1.54) is 14.2 Å². The molecule has 0 unspecified atom stereocenters. The molecule has 7 heteroatoms. The summed E-state index contributed by atoms with van der Waals surface area (Å²) < 4.78 is 10.5. The molecule has 0 radical (unpaired) electrons. The van der Waals surface area contributed by atoms with Crippen LogP contribution in [0.2, 0.25) is 5.02 Å². The van der Waals surface area contributed by atoms with Crippen molar-refractivity contribution in [1.82, 2.24) is 0 Å². The van der Waals surface area contributed by atoms with Crippen molar-refractivity contribution in [3.63, 3.8) is 0 Å². The molecular weight excluding hydrogens is 356 g/mol. The van der Waals surface area contributed by atoms with E-state index in [9.17, 15) is 9.59 Å². The minimum atomic E-state index is -0.450. The quantitative estimate of drug-likeness (QED) is 0.871. The third kappa shape index (κ3) is 3.60. The summed E-state index contributed by atoms with van der Waals surface area (Å²) in [5.74, 6) is 0.0788. The standard InChI is InChI=1S/C19H19ClN2O4/c1-25-16-10-15(17(26-2)9-14(16)20)21-19(24)12-8-18(23)22(11-12)13-6-4-3-5-7-13/h3-7,9-10,12H,8,11H2,1-2H3,(H,21,24)/t12-/m0/s1. The maximum absolute atomic E-state index is 12.7. The lowest BCUT2D eigenvalue weighted by atomic mass is 10.1. The first kappa shape index (κ1) is 18.1. The van der Waals surface area contributed by atoms with Gasteiger partial charge in [0.1, 0.15) is 11.5 Å². The van der Waals surface area contributed by atoms with Crippen molar-refractivity contribution in [2.45, 2.75) is 6.42 Å². The number of anilines is 2. The van der Waals surface area contributed by atoms with Crippen LogP contribution >= 0.6 is 11.6 Å². The highest BCUT2D eigenvalue weighted by Gasteiger charge is 2.35. The van der Waals surface area contributed by atoms with Crippen LogP contribution < -0.4 is 19.7 Å². The molecule has 0 aliphatic carbocycles. The fourth-order valence-corrected chi connectivity index (χ4v) is 3.16. The molecule has 0 saturated carbocycles. The number of carbonyl (C=O) groups excluding carboxylic acids is 2. The van der Waals surface area contributed by atoms with E-state index in [4.69, 9.17) is 21.1 Å². The van der Waals surface area contributed by atoms with Crippen LogP contribution in [0.3, 0.4) is 0 Å². The Hall–Kier alpha value is -2.73. The molecule has 1 fully saturated rings. The maximum atomic E-state index is 12.7. The minimum Gasteiger partial charge on any atom is -0.495 e. The van der Waals surface area contributed by atoms with Gasteiger partial charge in [0.25, 0.3) is 0 Å². The number of nitrogens with one attached hydrogen (secondary N) is 1. The molecule has 0 bridgehead atoms. The summed E-state index contributed by atoms with van der Waals surface area (Å²) in [6.07, 6.45) is 0.160. The van der Waals surface area contributed by atoms with Gasteiger partial charge < -0.3 is 19.7 Å². The van der Waals surface area contributed by atoms with Crippen LogP contribution in [0.1, 0.15) is 6.42 Å². The van der Waals surface area contributed by atoms with Gasteiger partial charge in [-0.3, -0.25) is 9.59 Å². The molecule has 1 aliphatic heterocycles. The number of ether oxygens (including phenoxy) is 2. The van der Waals surface area contributed by atoms with Crippen molar-refractivity contribution in [2.24, 2.45) is 5.92 Å². The molecule has 1 N–H and O–H groups in total. The van der Waals surface area contributed by atoms with Gasteiger partial charge in [0.05, 0.1) is 30.8 Å². The number of methoxy groups -OCH3 is 2. The molecule has 1 atom stereocenters. The monoisotopic (exact) mass is 374 g/mol. The normalized spacial score (nSPS) is 16.5. The summed E-state index contributed by atoms with van der Waals surface area (Å²) in [6.45, 7) is 0.335. The van der Waals surface area contributed by atoms with Crippen molar-refractivity contribution in [3.8, 4) is 11.5 Å². The first-order chi connectivity index (χ1) is 12.5. The summed E-state index contributed by atoms with van der Waals surface area (Å²) in [5.41, 5.74) is 1.24. The van der Waals surface area contributed by atoms with Gasteiger partial charge in [0.15, 0.2) is 0 Å². The van der Waals surface area contributed by atoms with Crippen LogP contribution in [0.25, 0.3) is 0 Å². The third-order valence-electron chi connectivity index (χ3n) is 4.30. The van der Waals surface area contributed by atoms with E-state index >= 15 is 0 Å². The summed E-state index contributed by atoms with van der Waals surface area (Å²) in [6, 6.07) is 12.5. The van der Waals surface area contributed by atoms with Crippen LogP contribution in [0.5, 0.6) is 11.5 Å². The summed E-state index contributed by atoms with van der Waals surface area (Å²) in [5, 5.41) is 3.20. The lowest BCUT2D eigenvalue weighted by molar-refractivity contribution is -0.122. The zero-order chi connectivity index (χ0) is 18.7. The smallest absolute Gasteiger partial charge is 0.229 e. The average molecular weight is 375 g/mol. The largest absolute Gasteiger partial charge is 0.495 e. The van der Waals surface area contributed by atoms with Gasteiger partial charge in [0.2, 0.25) is 11.8 Å². The van der Waals surface area contributed by atoms with Gasteiger partial charge in [-0.05, 0) is 12.1 Å². The number of amides is 2. The van der Waals surface area contributed by atoms with E-state index in [-0.39, 0.29) is 18.2 Å². The SMILES string of the molecule is COc1cc(NC(=O)[C@H]2CC(=O)N(c3ccccc3)C2)c(OC)cc1Cl. The number of hydrogen-bond donors (Lipinski definition) is 1. The highest BCUT2D eigenvalue weighted by atomic mass is 35.5. The molecule has 3 rings (SSSR count). The minimum absolute atomic E-state index is 0.0722. The number of hydrogen-bond acceptors (Lipinski definition) is 4. The number of halogens is 1. The van der Waals surface area contributed by atoms with Crippen LogP contribution in [0.4, 0.5) is 11.4 Å². The number of nitrogens with zero attached hydrogens (tertiary/aromatic N) is 1. The number of para-hydroxylation sites is 1. The number of rotatable bonds is 5. The molecular formula is C19H19ClN2O4. The molecule has 26 heavy (non-hydrogen) atoms. The van der Waals surface area contributed by atoms with E-state index in [1.54, 1.807) is 17.0 Å². The molecule has 1 aliphatic rings. The van der Waals surface area contributed by atoms with Gasteiger partial charge in [-0.15, -0.1) is 0 Å². The van der Waals surface area contributed by atoms with E-state index in [0.717, 1.165) is 5.69 Å². The second-order valence-corrected chi connectivity index (χ2v) is 6.32. The van der Waals surface area contributed by atoms with Gasteiger partial charge in [-0.1, -0.05) is 29.8 Å². The Balaban J connectivity index is 1.76. The Morgan fingerprint density at radius 3 is 2.50 bits per heavy atom. The fraction of sp³-hybridized carbons (Fsp3) is 0.263. The zero-order valence-electron chi connectivity index (χ0n) is 14.5. The molecule has 6 nitrogen and oxygen atoms in total. The maximum Gasteiger partial charge on any atom is 0.229 e. The first-order valence-corrected chi connectivity index (χ1v) is 8.49. The number of benzene rings is 2. The van der Waals surface area contributed by atoms with Crippen molar-refractivity contribution >= 4 is 34.8 Å². The van der Waals surface area contributed by atoms with Crippen LogP contribution in [-0.2, 0) is 9.59 Å². The Morgan fingerprint density at radius 2 is 1.85 bits per heavy atom. The first-order valence-electron chi connectivity index (χ1n) is 8.11. The van der Waals surface area contributed by atoms with Crippen molar-refractivity contribution in [2.75, 3.05) is 31.0 Å². The van der Waals surface area contributed by atoms with Crippen molar-refractivity contribution < 1.29 is 19.1 Å². The van der Waals surface area contributed by atoms with Crippen LogP contribution in [-0.4, -0.2) is 32.6 Å². The molecule has 2 aromatic carbocycles. The predicted molar refractivity (Wildman–Crippen MR) is 100 cm³/mol. The van der Waals surface area contributed by atoms with E-state index in [0.29, 0.717) is 28.8 Å². The zero-order valence-corrected chi connectivity index (χ0v) is 15.2. The molecule has 2 amide bonds. The molecule has 136 valence electrons. The molecule has 1 heterocycles. The molecule has 2 aromatic rings. The summed E-state index contributed by atoms with van der Waals surface area (Å²) in [4.78, 5) is 26.6. The van der Waals surface area contributed by atoms with Gasteiger partial charge in [-0.25, -0.2) is 0 Å². The Bertz CT molecular complexity index is 826. The summed E-state index contributed by atoms with van der Waals surface area (Å²) >= 11 is 6.08. The third-order valence-corrected chi connectivity index (χ3v) is 4.59. The van der Waals surface area contributed by atoms with Gasteiger partial charge in [0, 0.05) is 30.8 Å². The topological polar surface area (TPSA) is 67.9 Å². The second-order valence-electron chi connectivity index (χ2n) is 5.92. The van der Waals surface area contributed by atoms with Gasteiger partial charge >= 0.3 is 0 Å². The molecule has 0 spiro atoms. The highest BCUT2D eigenvalue weighted by Crippen LogP contribution is 2.36. The summed E-state index contributed by atoms with van der Waals surface area (Å²) in [7, 11) is 2.98. The van der Waals surface area contributed by atoms with E-state index in [1.807, 2.05) is 30.3 Å². The lowest BCUT2D eigenvalue weighted by Crippen LogP contribution is -2.28. The molecule has 0 aromatic heterocycles.